The van der Waals surface area contributed by atoms with E-state index in [1.165, 1.54) is 24.3 Å². The minimum Gasteiger partial charge on any atom is -0.344 e. The van der Waals surface area contributed by atoms with Gasteiger partial charge in [0.05, 0.1) is 9.79 Å². The first-order valence-corrected chi connectivity index (χ1v) is 18.8. The number of hydrogen-bond donors (Lipinski definition) is 2. The molecule has 0 radical (unpaired) electrons. The van der Waals surface area contributed by atoms with Crippen LogP contribution < -0.4 is 9.80 Å². The molecule has 0 bridgehead atoms. The van der Waals surface area contributed by atoms with Gasteiger partial charge in [0, 0.05) is 57.8 Å². The number of benzene rings is 2. The molecular weight excluding hydrogens is 649 g/mol. The minimum atomic E-state index is -4.32. The van der Waals surface area contributed by atoms with Gasteiger partial charge in [-0.3, -0.25) is 13.9 Å². The maximum atomic E-state index is 13.1. The average molecular weight is 691 g/mol. The molecule has 2 aromatic carbocycles. The molecule has 0 saturated heterocycles. The van der Waals surface area contributed by atoms with Crippen molar-refractivity contribution in [2.45, 2.75) is 75.0 Å². The first kappa shape index (κ1) is 35.3. The molecule has 2 aromatic rings. The third kappa shape index (κ3) is 6.39. The fourth-order valence-corrected chi connectivity index (χ4v) is 7.98. The molecule has 1 saturated carbocycles. The molecule has 9 nitrogen and oxygen atoms in total. The van der Waals surface area contributed by atoms with Gasteiger partial charge < -0.3 is 9.80 Å². The Balaban J connectivity index is 1.31. The van der Waals surface area contributed by atoms with Gasteiger partial charge in [0.2, 0.25) is 0 Å². The van der Waals surface area contributed by atoms with Crippen molar-refractivity contribution in [2.75, 3.05) is 22.9 Å². The molecule has 2 aliphatic heterocycles. The molecule has 0 atom stereocenters. The van der Waals surface area contributed by atoms with Crippen molar-refractivity contribution in [3.8, 4) is 0 Å². The fraction of sp³-hybridized carbons (Fsp3) is 0.324. The van der Waals surface area contributed by atoms with Crippen molar-refractivity contribution >= 4 is 37.4 Å². The summed E-state index contributed by atoms with van der Waals surface area (Å²) in [5.74, 6) is 0.00710. The summed E-state index contributed by atoms with van der Waals surface area (Å²) in [6.07, 6.45) is 16.4. The molecule has 0 aromatic heterocycles. The summed E-state index contributed by atoms with van der Waals surface area (Å²) in [7, 11) is -8.64. The van der Waals surface area contributed by atoms with Gasteiger partial charge in [-0.05, 0) is 86.4 Å². The Bertz CT molecular complexity index is 1930. The molecule has 0 amide bonds. The highest BCUT2D eigenvalue weighted by atomic mass is 32.2. The second-order valence-corrected chi connectivity index (χ2v) is 16.0. The molecule has 0 unspecified atom stereocenters. The van der Waals surface area contributed by atoms with Gasteiger partial charge in [-0.25, -0.2) is 0 Å². The molecule has 0 spiro atoms. The van der Waals surface area contributed by atoms with Gasteiger partial charge in [-0.2, -0.15) is 16.8 Å². The van der Waals surface area contributed by atoms with Crippen LogP contribution in [-0.2, 0) is 35.9 Å². The summed E-state index contributed by atoms with van der Waals surface area (Å²) >= 11 is 0. The number of Topliss-reactive ketones (excluding diaryl/α,β-unsaturated/α-hetero) is 1. The molecule has 2 N–H and O–H groups in total. The lowest BCUT2D eigenvalue weighted by molar-refractivity contribution is -0.111. The van der Waals surface area contributed by atoms with E-state index < -0.39 is 31.1 Å². The molecule has 2 heterocycles. The molecule has 1 aliphatic carbocycles. The van der Waals surface area contributed by atoms with E-state index in [-0.39, 0.29) is 15.6 Å². The molecule has 3 aliphatic rings. The van der Waals surface area contributed by atoms with Gasteiger partial charge >= 0.3 is 0 Å². The summed E-state index contributed by atoms with van der Waals surface area (Å²) in [4.78, 5) is 17.1. The number of anilines is 2. The number of carbonyl (C=O) groups excluding carboxylic acids is 1. The predicted molar refractivity (Wildman–Crippen MR) is 189 cm³/mol. The van der Waals surface area contributed by atoms with Crippen LogP contribution in [0.15, 0.2) is 117 Å². The van der Waals surface area contributed by atoms with E-state index in [1.54, 1.807) is 12.1 Å². The third-order valence-electron chi connectivity index (χ3n) is 9.53. The quantitative estimate of drug-likeness (QED) is 0.218. The molecule has 48 heavy (non-hydrogen) atoms. The van der Waals surface area contributed by atoms with E-state index >= 15 is 0 Å². The van der Waals surface area contributed by atoms with Crippen LogP contribution in [0.5, 0.6) is 0 Å². The van der Waals surface area contributed by atoms with Crippen LogP contribution in [0.25, 0.3) is 0 Å². The summed E-state index contributed by atoms with van der Waals surface area (Å²) < 4.78 is 66.2. The first-order valence-electron chi connectivity index (χ1n) is 15.9. The smallest absolute Gasteiger partial charge is 0.294 e. The average Bonchev–Trinajstić information content (AvgIpc) is 3.55. The number of fused-ring (bicyclic) bond motifs is 2. The van der Waals surface area contributed by atoms with Crippen molar-refractivity contribution < 1.29 is 30.7 Å². The van der Waals surface area contributed by atoms with Crippen LogP contribution in [0.1, 0.15) is 65.5 Å². The van der Waals surface area contributed by atoms with E-state index in [4.69, 9.17) is 0 Å². The van der Waals surface area contributed by atoms with Crippen LogP contribution in [0, 0.1) is 0 Å². The first-order chi connectivity index (χ1) is 22.4. The van der Waals surface area contributed by atoms with Crippen molar-refractivity contribution in [1.82, 2.24) is 0 Å². The van der Waals surface area contributed by atoms with E-state index in [0.29, 0.717) is 25.9 Å². The van der Waals surface area contributed by atoms with Crippen molar-refractivity contribution in [1.29, 1.82) is 0 Å². The highest BCUT2D eigenvalue weighted by Crippen LogP contribution is 2.49. The number of ketones is 1. The third-order valence-corrected chi connectivity index (χ3v) is 11.2. The van der Waals surface area contributed by atoms with Crippen molar-refractivity contribution in [2.24, 2.45) is 0 Å². The SMILES string of the molecule is CCN1/C(=C/C=C/C=C2\CC\C(=C/C=C/C=C3/N(CC)c4ccc(S(=O)(=O)O)cc4C3(C)C)C2=O)C(C)(C)c2cc(S(=O)(=O)O)ccc21. The van der Waals surface area contributed by atoms with Gasteiger partial charge in [0.1, 0.15) is 0 Å². The monoisotopic (exact) mass is 690 g/mol. The standard InChI is InChI=1S/C37H42N2O7S2/c1-7-38-31-21-19-27(47(41,42)43)23-29(31)36(3,4)33(38)15-11-9-13-25-17-18-26(35(25)40)14-10-12-16-34-37(5,6)30-24-28(48(44,45)46)20-22-32(30)39(34)8-2/h9-16,19-24H,7-8,17-18H2,1-6H3,(H,41,42,43)(H,44,45,46)/b11-9+,12-10+,25-13+,26-14+,33-15+,34-16+. The van der Waals surface area contributed by atoms with E-state index in [1.807, 2.05) is 90.2 Å². The Kier molecular flexibility index (Phi) is 9.39. The summed E-state index contributed by atoms with van der Waals surface area (Å²) in [5, 5.41) is 0. The Morgan fingerprint density at radius 3 is 1.33 bits per heavy atom. The van der Waals surface area contributed by atoms with Gasteiger partial charge in [-0.15, -0.1) is 0 Å². The topological polar surface area (TPSA) is 132 Å². The van der Waals surface area contributed by atoms with Crippen LogP contribution in [0.2, 0.25) is 0 Å². The number of carbonyl (C=O) groups is 1. The predicted octanol–water partition coefficient (Wildman–Crippen LogP) is 7.21. The molecule has 1 fully saturated rings. The van der Waals surface area contributed by atoms with E-state index in [9.17, 15) is 30.7 Å². The number of rotatable bonds is 8. The number of hydrogen-bond acceptors (Lipinski definition) is 7. The summed E-state index contributed by atoms with van der Waals surface area (Å²) in [6, 6.07) is 9.34. The number of allylic oxidation sites excluding steroid dienone is 12. The Morgan fingerprint density at radius 2 is 1.00 bits per heavy atom. The van der Waals surface area contributed by atoms with Crippen LogP contribution in [0.3, 0.4) is 0 Å². The van der Waals surface area contributed by atoms with E-state index in [2.05, 4.69) is 9.80 Å². The van der Waals surface area contributed by atoms with Crippen molar-refractivity contribution in [3.63, 3.8) is 0 Å². The largest absolute Gasteiger partial charge is 0.344 e. The highest BCUT2D eigenvalue weighted by molar-refractivity contribution is 7.86. The lowest BCUT2D eigenvalue weighted by Crippen LogP contribution is -2.25. The Hall–Kier alpha value is -4.03. The lowest BCUT2D eigenvalue weighted by Gasteiger charge is -2.25. The van der Waals surface area contributed by atoms with Gasteiger partial charge in [0.25, 0.3) is 20.2 Å². The number of nitrogens with zero attached hydrogens (tertiary/aromatic N) is 2. The van der Waals surface area contributed by atoms with Gasteiger partial charge in [-0.1, -0.05) is 64.2 Å². The lowest BCUT2D eigenvalue weighted by atomic mass is 9.83. The van der Waals surface area contributed by atoms with Crippen LogP contribution in [-0.4, -0.2) is 44.8 Å². The fourth-order valence-electron chi connectivity index (χ4n) is 6.97. The normalized spacial score (nSPS) is 22.4. The molecule has 11 heteroatoms. The zero-order valence-corrected chi connectivity index (χ0v) is 29.7. The van der Waals surface area contributed by atoms with Crippen LogP contribution >= 0.6 is 0 Å². The summed E-state index contributed by atoms with van der Waals surface area (Å²) in [6.45, 7) is 13.5. The zero-order chi connectivity index (χ0) is 35.2. The van der Waals surface area contributed by atoms with Crippen LogP contribution in [0.4, 0.5) is 11.4 Å². The molecule has 254 valence electrons. The minimum absolute atomic E-state index is 0.00710. The highest BCUT2D eigenvalue weighted by Gasteiger charge is 2.41. The Labute approximate surface area is 283 Å². The Morgan fingerprint density at radius 1 is 0.646 bits per heavy atom. The second-order valence-electron chi connectivity index (χ2n) is 13.1. The molecular formula is C37H42N2O7S2. The number of likely N-dealkylation sites (N-methyl/N-ethyl adjacent to an activating group) is 2. The van der Waals surface area contributed by atoms with Crippen molar-refractivity contribution in [3.05, 3.63) is 119 Å². The van der Waals surface area contributed by atoms with Gasteiger partial charge in [0.15, 0.2) is 5.78 Å². The maximum absolute atomic E-state index is 13.1. The molecule has 5 rings (SSSR count). The second kappa shape index (κ2) is 12.8. The summed E-state index contributed by atoms with van der Waals surface area (Å²) in [5.41, 5.74) is 5.83. The zero-order valence-electron chi connectivity index (χ0n) is 28.1. The maximum Gasteiger partial charge on any atom is 0.294 e. The van der Waals surface area contributed by atoms with E-state index in [0.717, 1.165) is 45.0 Å².